The number of amides is 1. The van der Waals surface area contributed by atoms with E-state index in [1.807, 2.05) is 43.0 Å². The summed E-state index contributed by atoms with van der Waals surface area (Å²) in [5.74, 6) is 0.584. The highest BCUT2D eigenvalue weighted by Gasteiger charge is 2.50. The number of benzene rings is 1. The lowest BCUT2D eigenvalue weighted by Gasteiger charge is -2.26. The maximum atomic E-state index is 12.6. The number of rotatable bonds is 5. The first kappa shape index (κ1) is 19.2. The second-order valence-corrected chi connectivity index (χ2v) is 9.95. The molecule has 0 spiro atoms. The number of hydrogen-bond donors (Lipinski definition) is 0. The Hall–Kier alpha value is -1.54. The smallest absolute Gasteiger partial charge is 0.251 e. The molecule has 0 bridgehead atoms. The third-order valence-corrected chi connectivity index (χ3v) is 8.16. The zero-order valence-electron chi connectivity index (χ0n) is 15.2. The minimum Gasteiger partial charge on any atom is -0.495 e. The number of nitrogens with zero attached hydrogens (tertiary/aromatic N) is 2. The van der Waals surface area contributed by atoms with Gasteiger partial charge in [0.15, 0.2) is 15.0 Å². The van der Waals surface area contributed by atoms with E-state index in [2.05, 4.69) is 4.99 Å². The number of amidine groups is 1. The molecular weight excluding hydrogens is 372 g/mol. The van der Waals surface area contributed by atoms with Gasteiger partial charge in [0, 0.05) is 11.2 Å². The molecular formula is C18H24N2O4S2. The van der Waals surface area contributed by atoms with E-state index in [4.69, 9.17) is 4.74 Å². The average molecular weight is 397 g/mol. The van der Waals surface area contributed by atoms with Crippen LogP contribution in [0.25, 0.3) is 0 Å². The molecule has 1 aromatic carbocycles. The first-order valence-corrected chi connectivity index (χ1v) is 11.5. The van der Waals surface area contributed by atoms with Crippen molar-refractivity contribution < 1.29 is 17.9 Å². The second kappa shape index (κ2) is 7.60. The average Bonchev–Trinajstić information content (AvgIpc) is 3.06. The molecule has 1 amide bonds. The topological polar surface area (TPSA) is 76.0 Å². The number of sulfone groups is 1. The highest BCUT2D eigenvalue weighted by molar-refractivity contribution is 8.16. The summed E-state index contributed by atoms with van der Waals surface area (Å²) in [5.41, 5.74) is 0.753. The molecule has 2 fully saturated rings. The van der Waals surface area contributed by atoms with Crippen molar-refractivity contribution in [1.82, 2.24) is 0 Å². The van der Waals surface area contributed by atoms with Gasteiger partial charge in [-0.1, -0.05) is 37.7 Å². The van der Waals surface area contributed by atoms with Gasteiger partial charge in [-0.25, -0.2) is 8.42 Å². The Balaban J connectivity index is 2.03. The predicted molar refractivity (Wildman–Crippen MR) is 106 cm³/mol. The maximum Gasteiger partial charge on any atom is 0.251 e. The van der Waals surface area contributed by atoms with E-state index >= 15 is 0 Å². The number of anilines is 1. The number of ether oxygens (including phenoxy) is 1. The number of carbonyl (C=O) groups is 1. The molecule has 6 nitrogen and oxygen atoms in total. The normalized spacial score (nSPS) is 25.7. The molecule has 0 unspecified atom stereocenters. The van der Waals surface area contributed by atoms with Crippen molar-refractivity contribution >= 4 is 38.4 Å². The molecule has 2 heterocycles. The Morgan fingerprint density at radius 2 is 2.00 bits per heavy atom. The van der Waals surface area contributed by atoms with Crippen molar-refractivity contribution in [3.05, 3.63) is 24.3 Å². The number of methoxy groups -OCH3 is 1. The van der Waals surface area contributed by atoms with Gasteiger partial charge in [-0.05, 0) is 25.0 Å². The molecule has 0 aliphatic carbocycles. The summed E-state index contributed by atoms with van der Waals surface area (Å²) in [7, 11) is -1.51. The third-order valence-electron chi connectivity index (χ3n) is 4.95. The van der Waals surface area contributed by atoms with E-state index in [9.17, 15) is 13.2 Å². The summed E-state index contributed by atoms with van der Waals surface area (Å²) < 4.78 is 29.7. The van der Waals surface area contributed by atoms with Gasteiger partial charge in [0.1, 0.15) is 5.75 Å². The Morgan fingerprint density at radius 3 is 2.65 bits per heavy atom. The van der Waals surface area contributed by atoms with Crippen LogP contribution in [-0.4, -0.2) is 49.4 Å². The maximum absolute atomic E-state index is 12.6. The minimum atomic E-state index is -3.09. The zero-order chi connectivity index (χ0) is 18.9. The standard InChI is InChI=1S/C18H24N2O4S2/c1-4-12(5-2)17(21)19-18-20(13-8-6-7-9-15(13)24-3)14-10-26(22,23)11-16(14)25-18/h6-9,12,14,16H,4-5,10-11H2,1-3H3/t14-,16-/m0/s1. The first-order valence-electron chi connectivity index (χ1n) is 8.82. The number of hydrogen-bond acceptors (Lipinski definition) is 5. The summed E-state index contributed by atoms with van der Waals surface area (Å²) in [5, 5.41) is 0.467. The molecule has 0 aromatic heterocycles. The largest absolute Gasteiger partial charge is 0.495 e. The fourth-order valence-electron chi connectivity index (χ4n) is 3.50. The van der Waals surface area contributed by atoms with Crippen LogP contribution in [-0.2, 0) is 14.6 Å². The van der Waals surface area contributed by atoms with Gasteiger partial charge < -0.3 is 9.64 Å². The number of para-hydroxylation sites is 2. The van der Waals surface area contributed by atoms with Gasteiger partial charge in [-0.3, -0.25) is 4.79 Å². The number of thioether (sulfide) groups is 1. The van der Waals surface area contributed by atoms with Crippen LogP contribution in [0.5, 0.6) is 5.75 Å². The van der Waals surface area contributed by atoms with Gasteiger partial charge >= 0.3 is 0 Å². The number of carbonyl (C=O) groups excluding carboxylic acids is 1. The first-order chi connectivity index (χ1) is 12.4. The summed E-state index contributed by atoms with van der Waals surface area (Å²) in [6.45, 7) is 3.96. The van der Waals surface area contributed by atoms with Gasteiger partial charge in [-0.15, -0.1) is 0 Å². The molecule has 26 heavy (non-hydrogen) atoms. The van der Waals surface area contributed by atoms with E-state index < -0.39 is 9.84 Å². The van der Waals surface area contributed by atoms with Gasteiger partial charge in [0.05, 0.1) is 30.3 Å². The van der Waals surface area contributed by atoms with Gasteiger partial charge in [-0.2, -0.15) is 4.99 Å². The highest BCUT2D eigenvalue weighted by Crippen LogP contribution is 2.43. The van der Waals surface area contributed by atoms with Crippen LogP contribution in [0.1, 0.15) is 26.7 Å². The molecule has 1 aromatic rings. The van der Waals surface area contributed by atoms with Crippen LogP contribution in [0.3, 0.4) is 0 Å². The molecule has 2 aliphatic heterocycles. The van der Waals surface area contributed by atoms with Crippen molar-refractivity contribution in [1.29, 1.82) is 0 Å². The lowest BCUT2D eigenvalue weighted by atomic mass is 10.0. The Kier molecular flexibility index (Phi) is 5.62. The number of aliphatic imine (C=N–C) groups is 1. The fourth-order valence-corrected chi connectivity index (χ4v) is 7.41. The van der Waals surface area contributed by atoms with Crippen molar-refractivity contribution in [2.45, 2.75) is 38.0 Å². The summed E-state index contributed by atoms with van der Waals surface area (Å²) >= 11 is 1.39. The highest BCUT2D eigenvalue weighted by atomic mass is 32.2. The quantitative estimate of drug-likeness (QED) is 0.762. The molecule has 2 atom stereocenters. The number of fused-ring (bicyclic) bond motifs is 1. The van der Waals surface area contributed by atoms with Crippen LogP contribution in [0.2, 0.25) is 0 Å². The monoisotopic (exact) mass is 396 g/mol. The summed E-state index contributed by atoms with van der Waals surface area (Å²) in [6, 6.07) is 7.22. The molecule has 142 valence electrons. The Morgan fingerprint density at radius 1 is 1.31 bits per heavy atom. The van der Waals surface area contributed by atoms with Crippen molar-refractivity contribution in [2.75, 3.05) is 23.5 Å². The van der Waals surface area contributed by atoms with Crippen LogP contribution in [0, 0.1) is 5.92 Å². The van der Waals surface area contributed by atoms with Crippen molar-refractivity contribution in [2.24, 2.45) is 10.9 Å². The van der Waals surface area contributed by atoms with Crippen molar-refractivity contribution in [3.8, 4) is 5.75 Å². The van der Waals surface area contributed by atoms with Gasteiger partial charge in [0.2, 0.25) is 0 Å². The Labute approximate surface area is 158 Å². The van der Waals surface area contributed by atoms with E-state index in [0.29, 0.717) is 10.9 Å². The van der Waals surface area contributed by atoms with Crippen LogP contribution in [0.4, 0.5) is 5.69 Å². The molecule has 0 N–H and O–H groups in total. The van der Waals surface area contributed by atoms with E-state index in [1.165, 1.54) is 11.8 Å². The lowest BCUT2D eigenvalue weighted by molar-refractivity contribution is -0.121. The molecule has 3 rings (SSSR count). The fraction of sp³-hybridized carbons (Fsp3) is 0.556. The third kappa shape index (κ3) is 3.62. The molecule has 2 saturated heterocycles. The van der Waals surface area contributed by atoms with Gasteiger partial charge in [0.25, 0.3) is 5.91 Å². The van der Waals surface area contributed by atoms with Crippen molar-refractivity contribution in [3.63, 3.8) is 0 Å². The SMILES string of the molecule is CCC(CC)C(=O)N=C1S[C@H]2CS(=O)(=O)C[C@@H]2N1c1ccccc1OC. The molecule has 8 heteroatoms. The summed E-state index contributed by atoms with van der Waals surface area (Å²) in [4.78, 5) is 18.8. The second-order valence-electron chi connectivity index (χ2n) is 6.59. The van der Waals surface area contributed by atoms with E-state index in [0.717, 1.165) is 18.5 Å². The van der Waals surface area contributed by atoms with E-state index in [-0.39, 0.29) is 34.6 Å². The van der Waals surface area contributed by atoms with Crippen LogP contribution >= 0.6 is 11.8 Å². The predicted octanol–water partition coefficient (Wildman–Crippen LogP) is 2.73. The zero-order valence-corrected chi connectivity index (χ0v) is 16.8. The molecule has 0 radical (unpaired) electrons. The minimum absolute atomic E-state index is 0.0703. The van der Waals surface area contributed by atoms with Crippen LogP contribution in [0.15, 0.2) is 29.3 Å². The Bertz CT molecular complexity index is 818. The molecule has 0 saturated carbocycles. The lowest BCUT2D eigenvalue weighted by Crippen LogP contribution is -2.38. The summed E-state index contributed by atoms with van der Waals surface area (Å²) in [6.07, 6.45) is 1.49. The van der Waals surface area contributed by atoms with Crippen LogP contribution < -0.4 is 9.64 Å². The van der Waals surface area contributed by atoms with E-state index in [1.54, 1.807) is 7.11 Å². The molecule has 2 aliphatic rings.